The number of anilines is 2. The van der Waals surface area contributed by atoms with Crippen molar-refractivity contribution in [3.05, 3.63) is 89.2 Å². The van der Waals surface area contributed by atoms with Crippen molar-refractivity contribution in [3.8, 4) is 5.75 Å². The number of rotatable bonds is 9. The van der Waals surface area contributed by atoms with E-state index >= 15 is 0 Å². The third kappa shape index (κ3) is 7.33. The van der Waals surface area contributed by atoms with Crippen LogP contribution in [0, 0.1) is 11.7 Å². The van der Waals surface area contributed by atoms with Gasteiger partial charge in [-0.15, -0.1) is 0 Å². The summed E-state index contributed by atoms with van der Waals surface area (Å²) in [5, 5.41) is 3.78. The van der Waals surface area contributed by atoms with E-state index < -0.39 is 0 Å². The summed E-state index contributed by atoms with van der Waals surface area (Å²) in [6, 6.07) is 22.9. The third-order valence-corrected chi connectivity index (χ3v) is 8.44. The van der Waals surface area contributed by atoms with Crippen molar-refractivity contribution in [1.29, 1.82) is 0 Å². The van der Waals surface area contributed by atoms with E-state index in [-0.39, 0.29) is 11.7 Å². The zero-order chi connectivity index (χ0) is 27.9. The maximum atomic E-state index is 14.4. The molecule has 2 fully saturated rings. The van der Waals surface area contributed by atoms with E-state index in [1.165, 1.54) is 11.6 Å². The molecule has 6 nitrogen and oxygen atoms in total. The van der Waals surface area contributed by atoms with Gasteiger partial charge in [-0.3, -0.25) is 14.6 Å². The molecule has 3 aromatic rings. The van der Waals surface area contributed by atoms with Gasteiger partial charge in [-0.05, 0) is 79.4 Å². The smallest absolute Gasteiger partial charge is 0.224 e. The molecule has 2 aliphatic rings. The molecule has 2 heterocycles. The highest BCUT2D eigenvalue weighted by Gasteiger charge is 2.35. The van der Waals surface area contributed by atoms with Crippen molar-refractivity contribution in [2.75, 3.05) is 56.6 Å². The largest absolute Gasteiger partial charge is 0.497 e. The van der Waals surface area contributed by atoms with Gasteiger partial charge in [-0.1, -0.05) is 35.9 Å². The molecule has 212 valence electrons. The second-order valence-corrected chi connectivity index (χ2v) is 11.2. The minimum atomic E-state index is -0.160. The molecule has 1 N–H and O–H groups in total. The van der Waals surface area contributed by atoms with E-state index in [0.29, 0.717) is 24.1 Å². The molecule has 3 aromatic carbocycles. The number of ether oxygens (including phenoxy) is 1. The van der Waals surface area contributed by atoms with Crippen LogP contribution in [0.15, 0.2) is 72.8 Å². The van der Waals surface area contributed by atoms with E-state index in [1.807, 2.05) is 48.5 Å². The molecular weight excluding hydrogens is 527 g/mol. The number of para-hydroxylation sites is 1. The van der Waals surface area contributed by atoms with Crippen molar-refractivity contribution in [1.82, 2.24) is 9.80 Å². The fourth-order valence-corrected chi connectivity index (χ4v) is 6.19. The number of amides is 1. The number of carbonyl (C=O) groups excluding carboxylic acids is 1. The highest BCUT2D eigenvalue weighted by atomic mass is 35.5. The lowest BCUT2D eigenvalue weighted by Gasteiger charge is -2.47. The first-order valence-corrected chi connectivity index (χ1v) is 14.5. The maximum Gasteiger partial charge on any atom is 0.224 e. The Morgan fingerprint density at radius 1 is 0.975 bits per heavy atom. The van der Waals surface area contributed by atoms with Gasteiger partial charge in [0.2, 0.25) is 5.91 Å². The van der Waals surface area contributed by atoms with Crippen molar-refractivity contribution in [2.45, 2.75) is 31.8 Å². The van der Waals surface area contributed by atoms with Gasteiger partial charge >= 0.3 is 0 Å². The van der Waals surface area contributed by atoms with Crippen LogP contribution in [0.4, 0.5) is 15.8 Å². The molecule has 1 amide bonds. The number of likely N-dealkylation sites (tertiary alicyclic amines) is 1. The van der Waals surface area contributed by atoms with Crippen LogP contribution in [0.1, 0.15) is 24.8 Å². The Morgan fingerprint density at radius 3 is 2.40 bits per heavy atom. The monoisotopic (exact) mass is 564 g/mol. The Hall–Kier alpha value is -3.13. The second kappa shape index (κ2) is 13.5. The topological polar surface area (TPSA) is 48.1 Å². The average Bonchev–Trinajstić information content (AvgIpc) is 2.98. The summed E-state index contributed by atoms with van der Waals surface area (Å²) in [5.41, 5.74) is 2.71. The lowest BCUT2D eigenvalue weighted by Crippen LogP contribution is -2.56. The van der Waals surface area contributed by atoms with Gasteiger partial charge in [0.05, 0.1) is 12.8 Å². The molecule has 40 heavy (non-hydrogen) atoms. The van der Waals surface area contributed by atoms with Crippen LogP contribution in [-0.4, -0.2) is 68.1 Å². The summed E-state index contributed by atoms with van der Waals surface area (Å²) >= 11 is 6.10. The maximum absolute atomic E-state index is 14.4. The van der Waals surface area contributed by atoms with Crippen LogP contribution >= 0.6 is 11.6 Å². The van der Waals surface area contributed by atoms with Crippen LogP contribution < -0.4 is 15.0 Å². The lowest BCUT2D eigenvalue weighted by atomic mass is 9.86. The SMILES string of the molecule is COc1ccc(NC(=O)CC[C@@H]2CN(Cc3ccc(Cl)cc3)CC[C@@H]2N2CCN(c3ccccc3F)CC2)cc1. The Labute approximate surface area is 241 Å². The number of hydrogen-bond donors (Lipinski definition) is 1. The first-order valence-electron chi connectivity index (χ1n) is 14.1. The fourth-order valence-electron chi connectivity index (χ4n) is 6.07. The van der Waals surface area contributed by atoms with E-state index in [0.717, 1.165) is 75.1 Å². The van der Waals surface area contributed by atoms with Crippen LogP contribution in [0.5, 0.6) is 5.75 Å². The van der Waals surface area contributed by atoms with Crippen molar-refractivity contribution < 1.29 is 13.9 Å². The molecule has 0 saturated carbocycles. The zero-order valence-corrected chi connectivity index (χ0v) is 23.8. The molecule has 0 spiro atoms. The predicted octanol–water partition coefficient (Wildman–Crippen LogP) is 5.92. The number of piperazine rings is 1. The van der Waals surface area contributed by atoms with E-state index in [4.69, 9.17) is 16.3 Å². The summed E-state index contributed by atoms with van der Waals surface area (Å²) in [4.78, 5) is 20.1. The summed E-state index contributed by atoms with van der Waals surface area (Å²) in [6.07, 6.45) is 2.34. The number of nitrogens with one attached hydrogen (secondary N) is 1. The number of hydrogen-bond acceptors (Lipinski definition) is 5. The molecule has 2 aliphatic heterocycles. The van der Waals surface area contributed by atoms with Crippen molar-refractivity contribution in [2.24, 2.45) is 5.92 Å². The summed E-state index contributed by atoms with van der Waals surface area (Å²) in [5.74, 6) is 0.997. The van der Waals surface area contributed by atoms with Crippen LogP contribution in [0.2, 0.25) is 5.02 Å². The van der Waals surface area contributed by atoms with Gasteiger partial charge in [-0.2, -0.15) is 0 Å². The standard InChI is InChI=1S/C32H38ClFN4O2/c1-40-28-13-11-27(12-14-28)35-32(39)15-8-25-23-36(22-24-6-9-26(33)10-7-24)17-16-30(25)37-18-20-38(21-19-37)31-5-3-2-4-29(31)34/h2-7,9-14,25,30H,8,15-23H2,1H3,(H,35,39)/t25-,30+/m1/s1. The van der Waals surface area contributed by atoms with Gasteiger partial charge in [0.25, 0.3) is 0 Å². The predicted molar refractivity (Wildman–Crippen MR) is 160 cm³/mol. The Balaban J connectivity index is 1.22. The molecule has 0 unspecified atom stereocenters. The van der Waals surface area contributed by atoms with E-state index in [9.17, 15) is 9.18 Å². The lowest BCUT2D eigenvalue weighted by molar-refractivity contribution is -0.116. The zero-order valence-electron chi connectivity index (χ0n) is 23.1. The average molecular weight is 565 g/mol. The van der Waals surface area contributed by atoms with Gasteiger partial charge in [-0.25, -0.2) is 4.39 Å². The number of nitrogens with zero attached hydrogens (tertiary/aromatic N) is 3. The summed E-state index contributed by atoms with van der Waals surface area (Å²) in [7, 11) is 1.63. The van der Waals surface area contributed by atoms with Gasteiger partial charge in [0, 0.05) is 62.4 Å². The molecule has 0 bridgehead atoms. The normalized spacial score (nSPS) is 20.3. The Bertz CT molecular complexity index is 1250. The molecule has 5 rings (SSSR count). The Kier molecular flexibility index (Phi) is 9.57. The minimum absolute atomic E-state index is 0.0307. The quantitative estimate of drug-likeness (QED) is 0.350. The van der Waals surface area contributed by atoms with Crippen molar-refractivity contribution in [3.63, 3.8) is 0 Å². The third-order valence-electron chi connectivity index (χ3n) is 8.19. The molecule has 2 atom stereocenters. The van der Waals surface area contributed by atoms with Gasteiger partial charge < -0.3 is 15.0 Å². The van der Waals surface area contributed by atoms with Crippen LogP contribution in [0.3, 0.4) is 0 Å². The molecule has 0 radical (unpaired) electrons. The minimum Gasteiger partial charge on any atom is -0.497 e. The van der Waals surface area contributed by atoms with Crippen LogP contribution in [-0.2, 0) is 11.3 Å². The number of halogens is 2. The first kappa shape index (κ1) is 28.4. The number of carbonyl (C=O) groups is 1. The molecule has 0 aromatic heterocycles. The summed E-state index contributed by atoms with van der Waals surface area (Å²) < 4.78 is 19.6. The highest BCUT2D eigenvalue weighted by molar-refractivity contribution is 6.30. The number of methoxy groups -OCH3 is 1. The second-order valence-electron chi connectivity index (χ2n) is 10.8. The van der Waals surface area contributed by atoms with E-state index in [2.05, 4.69) is 32.1 Å². The first-order chi connectivity index (χ1) is 19.5. The molecule has 0 aliphatic carbocycles. The molecule has 2 saturated heterocycles. The highest BCUT2D eigenvalue weighted by Crippen LogP contribution is 2.30. The van der Waals surface area contributed by atoms with Crippen LogP contribution in [0.25, 0.3) is 0 Å². The fraction of sp³-hybridized carbons (Fsp3) is 0.406. The summed E-state index contributed by atoms with van der Waals surface area (Å²) in [6.45, 7) is 6.22. The Morgan fingerprint density at radius 2 is 1.70 bits per heavy atom. The van der Waals surface area contributed by atoms with E-state index in [1.54, 1.807) is 13.2 Å². The van der Waals surface area contributed by atoms with Gasteiger partial charge in [0.15, 0.2) is 0 Å². The van der Waals surface area contributed by atoms with Gasteiger partial charge in [0.1, 0.15) is 11.6 Å². The molecular formula is C32H38ClFN4O2. The molecule has 8 heteroatoms. The van der Waals surface area contributed by atoms with Crippen molar-refractivity contribution >= 4 is 28.9 Å². The number of piperidine rings is 1. The number of benzene rings is 3.